The number of imidazole rings is 1. The SMILES string of the molecule is CCn1c(/C(C#N)=C\c2ccccc2OCC(C)C)nc2ccccc21. The quantitative estimate of drug-likeness (QED) is 0.580. The maximum atomic E-state index is 9.78. The van der Waals surface area contributed by atoms with Gasteiger partial charge in [-0.3, -0.25) is 0 Å². The summed E-state index contributed by atoms with van der Waals surface area (Å²) in [5.74, 6) is 1.91. The van der Waals surface area contributed by atoms with Crippen LogP contribution in [-0.4, -0.2) is 16.2 Å². The van der Waals surface area contributed by atoms with Crippen molar-refractivity contribution in [1.82, 2.24) is 9.55 Å². The van der Waals surface area contributed by atoms with Crippen LogP contribution in [0.2, 0.25) is 0 Å². The molecule has 3 rings (SSSR count). The highest BCUT2D eigenvalue weighted by Gasteiger charge is 2.14. The molecule has 0 bridgehead atoms. The summed E-state index contributed by atoms with van der Waals surface area (Å²) in [6.45, 7) is 7.68. The van der Waals surface area contributed by atoms with Gasteiger partial charge in [0.25, 0.3) is 0 Å². The second-order valence-corrected chi connectivity index (χ2v) is 6.58. The number of aromatic nitrogens is 2. The van der Waals surface area contributed by atoms with Crippen LogP contribution in [0.1, 0.15) is 32.2 Å². The molecular weight excluding hydrogens is 322 g/mol. The van der Waals surface area contributed by atoms with E-state index in [2.05, 4.69) is 36.4 Å². The van der Waals surface area contributed by atoms with E-state index in [-0.39, 0.29) is 0 Å². The van der Waals surface area contributed by atoms with Gasteiger partial charge >= 0.3 is 0 Å². The molecule has 0 aliphatic heterocycles. The number of aryl methyl sites for hydroxylation is 1. The highest BCUT2D eigenvalue weighted by molar-refractivity contribution is 5.91. The maximum Gasteiger partial charge on any atom is 0.151 e. The van der Waals surface area contributed by atoms with E-state index in [1.54, 1.807) is 0 Å². The van der Waals surface area contributed by atoms with Crippen LogP contribution < -0.4 is 4.74 Å². The number of nitriles is 1. The van der Waals surface area contributed by atoms with Crippen molar-refractivity contribution in [2.45, 2.75) is 27.3 Å². The summed E-state index contributed by atoms with van der Waals surface area (Å²) in [4.78, 5) is 4.69. The molecule has 0 saturated carbocycles. The topological polar surface area (TPSA) is 50.8 Å². The molecule has 26 heavy (non-hydrogen) atoms. The van der Waals surface area contributed by atoms with Gasteiger partial charge in [-0.05, 0) is 37.1 Å². The van der Waals surface area contributed by atoms with Crippen LogP contribution in [0.3, 0.4) is 0 Å². The van der Waals surface area contributed by atoms with Crippen LogP contribution in [-0.2, 0) is 6.54 Å². The second kappa shape index (κ2) is 7.88. The van der Waals surface area contributed by atoms with Crippen molar-refractivity contribution in [2.24, 2.45) is 5.92 Å². The van der Waals surface area contributed by atoms with E-state index < -0.39 is 0 Å². The Labute approximate surface area is 154 Å². The zero-order valence-electron chi connectivity index (χ0n) is 15.4. The lowest BCUT2D eigenvalue weighted by Gasteiger charge is -2.11. The summed E-state index contributed by atoms with van der Waals surface area (Å²) in [6.07, 6.45) is 1.86. The van der Waals surface area contributed by atoms with Crippen molar-refractivity contribution in [3.63, 3.8) is 0 Å². The molecule has 0 fully saturated rings. The largest absolute Gasteiger partial charge is 0.493 e. The molecule has 0 spiro atoms. The van der Waals surface area contributed by atoms with Crippen molar-refractivity contribution in [3.8, 4) is 11.8 Å². The number of rotatable bonds is 6. The zero-order valence-corrected chi connectivity index (χ0v) is 15.4. The van der Waals surface area contributed by atoms with Gasteiger partial charge in [0.2, 0.25) is 0 Å². The number of benzene rings is 2. The molecule has 2 aromatic carbocycles. The van der Waals surface area contributed by atoms with Gasteiger partial charge in [-0.1, -0.05) is 44.2 Å². The molecule has 1 aromatic heterocycles. The van der Waals surface area contributed by atoms with E-state index in [4.69, 9.17) is 4.74 Å². The molecule has 0 N–H and O–H groups in total. The van der Waals surface area contributed by atoms with Crippen molar-refractivity contribution in [2.75, 3.05) is 6.61 Å². The first-order valence-electron chi connectivity index (χ1n) is 8.93. The fraction of sp³-hybridized carbons (Fsp3) is 0.273. The molecular formula is C22H23N3O. The Bertz CT molecular complexity index is 976. The third-order valence-corrected chi connectivity index (χ3v) is 4.12. The van der Waals surface area contributed by atoms with Gasteiger partial charge in [-0.2, -0.15) is 5.26 Å². The van der Waals surface area contributed by atoms with Crippen molar-refractivity contribution in [1.29, 1.82) is 5.26 Å². The van der Waals surface area contributed by atoms with Gasteiger partial charge in [0.05, 0.1) is 23.2 Å². The Morgan fingerprint density at radius 1 is 1.19 bits per heavy atom. The fourth-order valence-electron chi connectivity index (χ4n) is 2.89. The summed E-state index contributed by atoms with van der Waals surface area (Å²) in [6, 6.07) is 18.1. The minimum Gasteiger partial charge on any atom is -0.493 e. The highest BCUT2D eigenvalue weighted by Crippen LogP contribution is 2.27. The predicted octanol–water partition coefficient (Wildman–Crippen LogP) is 5.16. The molecule has 3 aromatic rings. The lowest BCUT2D eigenvalue weighted by molar-refractivity contribution is 0.270. The minimum atomic E-state index is 0.437. The van der Waals surface area contributed by atoms with Gasteiger partial charge in [-0.25, -0.2) is 4.98 Å². The normalized spacial score (nSPS) is 11.7. The Balaban J connectivity index is 2.07. The van der Waals surface area contributed by atoms with E-state index in [1.165, 1.54) is 0 Å². The molecule has 4 nitrogen and oxygen atoms in total. The molecule has 0 aliphatic carbocycles. The molecule has 0 amide bonds. The summed E-state index contributed by atoms with van der Waals surface area (Å²) in [7, 11) is 0. The zero-order chi connectivity index (χ0) is 18.5. The first-order chi connectivity index (χ1) is 12.6. The second-order valence-electron chi connectivity index (χ2n) is 6.58. The maximum absolute atomic E-state index is 9.78. The van der Waals surface area contributed by atoms with E-state index in [0.717, 1.165) is 28.9 Å². The third-order valence-electron chi connectivity index (χ3n) is 4.12. The lowest BCUT2D eigenvalue weighted by Crippen LogP contribution is -2.05. The van der Waals surface area contributed by atoms with E-state index >= 15 is 0 Å². The monoisotopic (exact) mass is 345 g/mol. The van der Waals surface area contributed by atoms with E-state index in [1.807, 2.05) is 54.6 Å². The summed E-state index contributed by atoms with van der Waals surface area (Å²) in [5, 5.41) is 9.78. The van der Waals surface area contributed by atoms with Crippen molar-refractivity contribution >= 4 is 22.7 Å². The van der Waals surface area contributed by atoms with E-state index in [0.29, 0.717) is 23.9 Å². The van der Waals surface area contributed by atoms with Crippen LogP contribution in [0.5, 0.6) is 5.75 Å². The number of ether oxygens (including phenoxy) is 1. The molecule has 0 atom stereocenters. The number of allylic oxidation sites excluding steroid dienone is 1. The first-order valence-corrected chi connectivity index (χ1v) is 8.93. The average molecular weight is 345 g/mol. The van der Waals surface area contributed by atoms with Crippen LogP contribution in [0.25, 0.3) is 22.7 Å². The summed E-state index contributed by atoms with van der Waals surface area (Å²) >= 11 is 0. The number of para-hydroxylation sites is 3. The minimum absolute atomic E-state index is 0.437. The fourth-order valence-corrected chi connectivity index (χ4v) is 2.89. The number of hydrogen-bond donors (Lipinski definition) is 0. The Morgan fingerprint density at radius 2 is 1.92 bits per heavy atom. The highest BCUT2D eigenvalue weighted by atomic mass is 16.5. The summed E-state index contributed by atoms with van der Waals surface area (Å²) in [5.41, 5.74) is 3.35. The molecule has 0 radical (unpaired) electrons. The van der Waals surface area contributed by atoms with Gasteiger partial charge < -0.3 is 9.30 Å². The Kier molecular flexibility index (Phi) is 5.38. The third kappa shape index (κ3) is 3.62. The van der Waals surface area contributed by atoms with Crippen LogP contribution >= 0.6 is 0 Å². The van der Waals surface area contributed by atoms with Crippen LogP contribution in [0.15, 0.2) is 48.5 Å². The van der Waals surface area contributed by atoms with Crippen LogP contribution in [0.4, 0.5) is 0 Å². The molecule has 1 heterocycles. The van der Waals surface area contributed by atoms with Crippen molar-refractivity contribution < 1.29 is 4.74 Å². The Hall–Kier alpha value is -3.06. The first kappa shape index (κ1) is 17.8. The van der Waals surface area contributed by atoms with Crippen molar-refractivity contribution in [3.05, 3.63) is 59.9 Å². The average Bonchev–Trinajstić information content (AvgIpc) is 3.03. The summed E-state index contributed by atoms with van der Waals surface area (Å²) < 4.78 is 7.99. The van der Waals surface area contributed by atoms with Crippen LogP contribution in [0, 0.1) is 17.2 Å². The molecule has 132 valence electrons. The number of hydrogen-bond acceptors (Lipinski definition) is 3. The predicted molar refractivity (Wildman–Crippen MR) is 106 cm³/mol. The Morgan fingerprint density at radius 3 is 2.65 bits per heavy atom. The van der Waals surface area contributed by atoms with Gasteiger partial charge in [0.1, 0.15) is 11.8 Å². The molecule has 4 heteroatoms. The van der Waals surface area contributed by atoms with E-state index in [9.17, 15) is 5.26 Å². The number of nitrogens with zero attached hydrogens (tertiary/aromatic N) is 3. The number of fused-ring (bicyclic) bond motifs is 1. The van der Waals surface area contributed by atoms with Gasteiger partial charge in [0, 0.05) is 12.1 Å². The molecule has 0 aliphatic rings. The lowest BCUT2D eigenvalue weighted by atomic mass is 10.1. The molecule has 0 unspecified atom stereocenters. The molecule has 0 saturated heterocycles. The van der Waals surface area contributed by atoms with Gasteiger partial charge in [-0.15, -0.1) is 0 Å². The standard InChI is InChI=1S/C22H23N3O/c1-4-25-20-11-7-6-10-19(20)24-22(25)18(14-23)13-17-9-5-8-12-21(17)26-15-16(2)3/h5-13,16H,4,15H2,1-3H3/b18-13-. The van der Waals surface area contributed by atoms with Gasteiger partial charge in [0.15, 0.2) is 5.82 Å². The smallest absolute Gasteiger partial charge is 0.151 e.